The third kappa shape index (κ3) is 4.62. The summed E-state index contributed by atoms with van der Waals surface area (Å²) in [6.07, 6.45) is 3.59. The minimum Gasteiger partial charge on any atom is -0.490 e. The van der Waals surface area contributed by atoms with Crippen LogP contribution in [0.25, 0.3) is 32.5 Å². The van der Waals surface area contributed by atoms with Crippen molar-refractivity contribution in [2.75, 3.05) is 6.61 Å². The molecule has 4 aromatic carbocycles. The summed E-state index contributed by atoms with van der Waals surface area (Å²) in [5.41, 5.74) is 3.16. The summed E-state index contributed by atoms with van der Waals surface area (Å²) in [5, 5.41) is 4.03. The molecule has 6 nitrogen and oxygen atoms in total. The second kappa shape index (κ2) is 10.5. The number of rotatable bonds is 5. The van der Waals surface area contributed by atoms with Crippen molar-refractivity contribution in [3.63, 3.8) is 0 Å². The molecule has 0 spiro atoms. The lowest BCUT2D eigenvalue weighted by molar-refractivity contribution is -0.262. The van der Waals surface area contributed by atoms with Gasteiger partial charge < -0.3 is 23.4 Å². The number of hydrogen-bond donors (Lipinski definition) is 0. The molecule has 0 aliphatic carbocycles. The highest BCUT2D eigenvalue weighted by atomic mass is 16.7. The molecule has 0 saturated carbocycles. The second-order valence-electron chi connectivity index (χ2n) is 11.0. The number of fused-ring (bicyclic) bond motifs is 6. The summed E-state index contributed by atoms with van der Waals surface area (Å²) in [7, 11) is 0. The van der Waals surface area contributed by atoms with E-state index in [2.05, 4.69) is 25.1 Å². The Bertz CT molecular complexity index is 1840. The van der Waals surface area contributed by atoms with Crippen LogP contribution in [-0.2, 0) is 20.6 Å². The van der Waals surface area contributed by atoms with Crippen molar-refractivity contribution in [1.29, 1.82) is 0 Å². The van der Waals surface area contributed by atoms with Gasteiger partial charge in [-0.2, -0.15) is 0 Å². The fourth-order valence-corrected chi connectivity index (χ4v) is 5.93. The molecule has 2 aliphatic rings. The van der Waals surface area contributed by atoms with E-state index in [0.29, 0.717) is 17.6 Å². The maximum atomic E-state index is 13.3. The van der Waals surface area contributed by atoms with Crippen LogP contribution in [-0.4, -0.2) is 24.9 Å². The zero-order valence-electron chi connectivity index (χ0n) is 23.3. The Kier molecular flexibility index (Phi) is 6.62. The lowest BCUT2D eigenvalue weighted by atomic mass is 9.93. The van der Waals surface area contributed by atoms with Gasteiger partial charge in [-0.3, -0.25) is 0 Å². The van der Waals surface area contributed by atoms with Crippen LogP contribution < -0.4 is 10.4 Å². The lowest BCUT2D eigenvalue weighted by Crippen LogP contribution is -2.43. The van der Waals surface area contributed by atoms with Crippen molar-refractivity contribution in [1.82, 2.24) is 0 Å². The summed E-state index contributed by atoms with van der Waals surface area (Å²) in [6.45, 7) is 6.47. The van der Waals surface area contributed by atoms with Gasteiger partial charge in [0.05, 0.1) is 18.1 Å². The first-order chi connectivity index (χ1) is 20.0. The van der Waals surface area contributed by atoms with Gasteiger partial charge in [0.25, 0.3) is 0 Å². The van der Waals surface area contributed by atoms with E-state index < -0.39 is 6.29 Å². The summed E-state index contributed by atoms with van der Waals surface area (Å²) in [6, 6.07) is 24.0. The maximum Gasteiger partial charge on any atom is 0.344 e. The number of hydrogen-bond acceptors (Lipinski definition) is 6. The summed E-state index contributed by atoms with van der Waals surface area (Å²) in [5.74, 6) is 0.734. The van der Waals surface area contributed by atoms with Gasteiger partial charge in [0, 0.05) is 21.7 Å². The molecule has 5 aromatic rings. The summed E-state index contributed by atoms with van der Waals surface area (Å²) < 4.78 is 31.2. The van der Waals surface area contributed by atoms with Crippen LogP contribution in [0.2, 0.25) is 0 Å². The fourth-order valence-electron chi connectivity index (χ4n) is 5.93. The van der Waals surface area contributed by atoms with Gasteiger partial charge in [-0.25, -0.2) is 4.79 Å². The van der Waals surface area contributed by atoms with Gasteiger partial charge in [-0.15, -0.1) is 0 Å². The highest BCUT2D eigenvalue weighted by Gasteiger charge is 2.37. The van der Waals surface area contributed by atoms with Crippen LogP contribution >= 0.6 is 0 Å². The molecule has 0 unspecified atom stereocenters. The molecule has 208 valence electrons. The first-order valence-electron chi connectivity index (χ1n) is 14.3. The minimum atomic E-state index is -0.435. The van der Waals surface area contributed by atoms with E-state index in [1.165, 1.54) is 0 Å². The Morgan fingerprint density at radius 2 is 1.68 bits per heavy atom. The van der Waals surface area contributed by atoms with Crippen LogP contribution in [0.3, 0.4) is 0 Å². The van der Waals surface area contributed by atoms with E-state index in [1.807, 2.05) is 80.6 Å². The monoisotopic (exact) mass is 548 g/mol. The molecule has 41 heavy (non-hydrogen) atoms. The Balaban J connectivity index is 1.35. The predicted molar refractivity (Wildman–Crippen MR) is 159 cm³/mol. The average Bonchev–Trinajstić information content (AvgIpc) is 3.00. The van der Waals surface area contributed by atoms with E-state index in [4.69, 9.17) is 23.4 Å². The van der Waals surface area contributed by atoms with Crippen molar-refractivity contribution in [2.45, 2.75) is 57.9 Å². The van der Waals surface area contributed by atoms with E-state index in [1.54, 1.807) is 0 Å². The molecule has 6 heteroatoms. The molecule has 3 heterocycles. The van der Waals surface area contributed by atoms with Crippen molar-refractivity contribution >= 4 is 32.5 Å². The van der Waals surface area contributed by atoms with Gasteiger partial charge in [0.15, 0.2) is 6.29 Å². The first kappa shape index (κ1) is 26.0. The number of aryl methyl sites for hydroxylation is 1. The molecule has 0 bridgehead atoms. The maximum absolute atomic E-state index is 13.3. The lowest BCUT2D eigenvalue weighted by Gasteiger charge is -2.39. The molecule has 2 aliphatic heterocycles. The van der Waals surface area contributed by atoms with Crippen molar-refractivity contribution < 1.29 is 23.4 Å². The zero-order chi connectivity index (χ0) is 28.1. The topological polar surface area (TPSA) is 67.1 Å². The molecular weight excluding hydrogens is 516 g/mol. The van der Waals surface area contributed by atoms with Crippen molar-refractivity contribution in [2.24, 2.45) is 0 Å². The van der Waals surface area contributed by atoms with Crippen LogP contribution in [0.1, 0.15) is 49.9 Å². The van der Waals surface area contributed by atoms with Gasteiger partial charge in [-0.1, -0.05) is 67.6 Å². The molecule has 1 saturated heterocycles. The third-order valence-corrected chi connectivity index (χ3v) is 7.92. The molecule has 1 aromatic heterocycles. The summed E-state index contributed by atoms with van der Waals surface area (Å²) in [4.78, 5) is 13.3. The Labute approximate surface area is 238 Å². The van der Waals surface area contributed by atoms with Gasteiger partial charge in [-0.05, 0) is 61.0 Å². The minimum absolute atomic E-state index is 0.0171. The molecule has 0 N–H and O–H groups in total. The normalized spacial score (nSPS) is 22.4. The highest BCUT2D eigenvalue weighted by Crippen LogP contribution is 2.42. The van der Waals surface area contributed by atoms with Crippen LogP contribution in [0.5, 0.6) is 5.75 Å². The van der Waals surface area contributed by atoms with Gasteiger partial charge in [0.2, 0.25) is 0 Å². The average molecular weight is 549 g/mol. The highest BCUT2D eigenvalue weighted by molar-refractivity contribution is 6.16. The Morgan fingerprint density at radius 1 is 0.878 bits per heavy atom. The molecule has 0 radical (unpaired) electrons. The van der Waals surface area contributed by atoms with Gasteiger partial charge in [0.1, 0.15) is 29.6 Å². The first-order valence-corrected chi connectivity index (χ1v) is 14.3. The number of ether oxygens (including phenoxy) is 4. The van der Waals surface area contributed by atoms with Gasteiger partial charge >= 0.3 is 5.63 Å². The van der Waals surface area contributed by atoms with Crippen molar-refractivity contribution in [3.05, 3.63) is 112 Å². The Morgan fingerprint density at radius 3 is 2.49 bits per heavy atom. The quantitative estimate of drug-likeness (QED) is 0.128. The SMILES string of the molecule is CCc1ccc2c(c1)c(=O)oc1c2ccc2c(OC(C)C)ccc([C@@H]3C=C[C@@H]4O[C@H](c5ccccc5)OC[C@H]4O3)c21. The molecule has 0 amide bonds. The molecule has 4 atom stereocenters. The number of benzene rings is 4. The van der Waals surface area contributed by atoms with Crippen LogP contribution in [0.15, 0.2) is 94.2 Å². The van der Waals surface area contributed by atoms with Crippen LogP contribution in [0.4, 0.5) is 0 Å². The van der Waals surface area contributed by atoms with E-state index in [9.17, 15) is 4.79 Å². The second-order valence-corrected chi connectivity index (χ2v) is 11.0. The standard InChI is InChI=1S/C35H32O6/c1-4-21-10-11-23-24-12-13-25-28(38-20(2)3)15-14-26(32(25)33(24)41-34(36)27(23)18-21)29-16-17-30-31(39-29)19-37-35(40-30)22-8-6-5-7-9-22/h5-18,20,29-31,35H,4,19H2,1-3H3/t29-,30-,31+,35+/m0/s1. The fraction of sp³-hybridized carbons (Fsp3) is 0.286. The van der Waals surface area contributed by atoms with E-state index >= 15 is 0 Å². The van der Waals surface area contributed by atoms with Crippen LogP contribution in [0, 0.1) is 0 Å². The van der Waals surface area contributed by atoms with Crippen molar-refractivity contribution in [3.8, 4) is 5.75 Å². The zero-order valence-corrected chi connectivity index (χ0v) is 23.3. The smallest absolute Gasteiger partial charge is 0.344 e. The van der Waals surface area contributed by atoms with E-state index in [0.717, 1.165) is 50.4 Å². The molecule has 7 rings (SSSR count). The third-order valence-electron chi connectivity index (χ3n) is 7.92. The molecule has 1 fully saturated rings. The molecular formula is C35H32O6. The summed E-state index contributed by atoms with van der Waals surface area (Å²) >= 11 is 0. The largest absolute Gasteiger partial charge is 0.490 e. The predicted octanol–water partition coefficient (Wildman–Crippen LogP) is 7.56. The Hall–Kier alpha value is -3.97. The van der Waals surface area contributed by atoms with E-state index in [-0.39, 0.29) is 30.0 Å².